The van der Waals surface area contributed by atoms with Crippen molar-refractivity contribution in [2.24, 2.45) is 0 Å². The molecule has 5 nitrogen and oxygen atoms in total. The molecule has 1 aliphatic heterocycles. The summed E-state index contributed by atoms with van der Waals surface area (Å²) in [6.07, 6.45) is 2.29. The van der Waals surface area contributed by atoms with Crippen molar-refractivity contribution in [1.82, 2.24) is 4.90 Å². The van der Waals surface area contributed by atoms with E-state index in [4.69, 9.17) is 0 Å². The third-order valence-corrected chi connectivity index (χ3v) is 5.53. The van der Waals surface area contributed by atoms with Crippen molar-refractivity contribution in [3.05, 3.63) is 59.7 Å². The highest BCUT2D eigenvalue weighted by molar-refractivity contribution is 7.92. The van der Waals surface area contributed by atoms with E-state index in [0.29, 0.717) is 6.07 Å². The highest BCUT2D eigenvalue weighted by Crippen LogP contribution is 2.19. The van der Waals surface area contributed by atoms with Gasteiger partial charge in [0.05, 0.1) is 11.3 Å². The lowest BCUT2D eigenvalue weighted by atomic mass is 10.1. The van der Waals surface area contributed by atoms with Gasteiger partial charge in [-0.05, 0) is 42.7 Å². The van der Waals surface area contributed by atoms with E-state index in [1.54, 1.807) is 12.1 Å². The highest BCUT2D eigenvalue weighted by atomic mass is 32.2. The van der Waals surface area contributed by atoms with E-state index in [1.807, 2.05) is 4.90 Å². The van der Waals surface area contributed by atoms with Crippen LogP contribution in [0.15, 0.2) is 47.4 Å². The Kier molecular flexibility index (Phi) is 5.22. The smallest absolute Gasteiger partial charge is 0.262 e. The van der Waals surface area contributed by atoms with Gasteiger partial charge in [0.1, 0.15) is 11.6 Å². The number of carbonyl (C=O) groups is 1. The second-order valence-corrected chi connectivity index (χ2v) is 7.85. The van der Waals surface area contributed by atoms with E-state index >= 15 is 0 Å². The molecule has 0 atom stereocenters. The van der Waals surface area contributed by atoms with Gasteiger partial charge in [0, 0.05) is 24.8 Å². The molecule has 1 N–H and O–H groups in total. The summed E-state index contributed by atoms with van der Waals surface area (Å²) in [4.78, 5) is 13.4. The standard InChI is InChI=1S/C18H18F2N2O3S/c19-14-10-15(20)12-17(11-14)26(24,25)21-16-5-3-13(4-6-16)9-18(23)22-7-1-2-8-22/h3-6,10-12,21H,1-2,7-9H2. The van der Waals surface area contributed by atoms with Crippen LogP contribution in [0.3, 0.4) is 0 Å². The van der Waals surface area contributed by atoms with Crippen molar-refractivity contribution in [2.45, 2.75) is 24.2 Å². The van der Waals surface area contributed by atoms with Gasteiger partial charge in [-0.25, -0.2) is 17.2 Å². The Morgan fingerprint density at radius 1 is 1.00 bits per heavy atom. The van der Waals surface area contributed by atoms with E-state index in [-0.39, 0.29) is 18.0 Å². The van der Waals surface area contributed by atoms with Crippen LogP contribution in [0, 0.1) is 11.6 Å². The zero-order chi connectivity index (χ0) is 18.7. The van der Waals surface area contributed by atoms with Gasteiger partial charge in [-0.15, -0.1) is 0 Å². The number of rotatable bonds is 5. The van der Waals surface area contributed by atoms with Crippen LogP contribution in [0.5, 0.6) is 0 Å². The lowest BCUT2D eigenvalue weighted by molar-refractivity contribution is -0.129. The second kappa shape index (κ2) is 7.41. The van der Waals surface area contributed by atoms with E-state index in [9.17, 15) is 22.0 Å². The normalized spacial score (nSPS) is 14.5. The van der Waals surface area contributed by atoms with Gasteiger partial charge in [0.15, 0.2) is 0 Å². The summed E-state index contributed by atoms with van der Waals surface area (Å²) in [7, 11) is -4.11. The molecule has 2 aromatic carbocycles. The summed E-state index contributed by atoms with van der Waals surface area (Å²) in [5, 5.41) is 0. The molecule has 0 unspecified atom stereocenters. The number of nitrogens with zero attached hydrogens (tertiary/aromatic N) is 1. The van der Waals surface area contributed by atoms with Crippen LogP contribution in [-0.2, 0) is 21.2 Å². The first-order valence-corrected chi connectivity index (χ1v) is 9.67. The Labute approximate surface area is 150 Å². The van der Waals surface area contributed by atoms with Gasteiger partial charge >= 0.3 is 0 Å². The first kappa shape index (κ1) is 18.3. The Balaban J connectivity index is 1.69. The number of amides is 1. The Bertz CT molecular complexity index is 888. The van der Waals surface area contributed by atoms with E-state index in [1.165, 1.54) is 12.1 Å². The van der Waals surface area contributed by atoms with Crippen molar-refractivity contribution >= 4 is 21.6 Å². The third kappa shape index (κ3) is 4.37. The van der Waals surface area contributed by atoms with Crippen LogP contribution < -0.4 is 4.72 Å². The number of sulfonamides is 1. The Hall–Kier alpha value is -2.48. The number of hydrogen-bond acceptors (Lipinski definition) is 3. The molecule has 0 aliphatic carbocycles. The Morgan fingerprint density at radius 2 is 1.58 bits per heavy atom. The maximum absolute atomic E-state index is 13.2. The number of carbonyl (C=O) groups excluding carboxylic acids is 1. The number of likely N-dealkylation sites (tertiary alicyclic amines) is 1. The number of anilines is 1. The van der Waals surface area contributed by atoms with Gasteiger partial charge in [0.2, 0.25) is 5.91 Å². The molecule has 26 heavy (non-hydrogen) atoms. The molecule has 3 rings (SSSR count). The van der Waals surface area contributed by atoms with Crippen LogP contribution in [0.25, 0.3) is 0 Å². The molecule has 0 spiro atoms. The average molecular weight is 380 g/mol. The number of hydrogen-bond donors (Lipinski definition) is 1. The van der Waals surface area contributed by atoms with Crippen LogP contribution >= 0.6 is 0 Å². The fourth-order valence-electron chi connectivity index (χ4n) is 2.84. The first-order valence-electron chi connectivity index (χ1n) is 8.19. The lowest BCUT2D eigenvalue weighted by Gasteiger charge is -2.15. The molecule has 8 heteroatoms. The molecule has 1 fully saturated rings. The minimum absolute atomic E-state index is 0.0473. The molecular weight excluding hydrogens is 362 g/mol. The molecule has 138 valence electrons. The lowest BCUT2D eigenvalue weighted by Crippen LogP contribution is -2.29. The summed E-state index contributed by atoms with van der Waals surface area (Å²) in [5.41, 5.74) is 1.01. The van der Waals surface area contributed by atoms with Crippen LogP contribution in [0.1, 0.15) is 18.4 Å². The van der Waals surface area contributed by atoms with Gasteiger partial charge in [-0.3, -0.25) is 9.52 Å². The van der Waals surface area contributed by atoms with Crippen molar-refractivity contribution in [2.75, 3.05) is 17.8 Å². The summed E-state index contributed by atoms with van der Waals surface area (Å²) < 4.78 is 53.2. The van der Waals surface area contributed by atoms with Crippen molar-refractivity contribution in [1.29, 1.82) is 0 Å². The second-order valence-electron chi connectivity index (χ2n) is 6.17. The molecule has 1 amide bonds. The van der Waals surface area contributed by atoms with Crippen LogP contribution in [0.2, 0.25) is 0 Å². The maximum Gasteiger partial charge on any atom is 0.262 e. The van der Waals surface area contributed by atoms with Gasteiger partial charge < -0.3 is 4.90 Å². The molecule has 1 saturated heterocycles. The monoisotopic (exact) mass is 380 g/mol. The largest absolute Gasteiger partial charge is 0.342 e. The summed E-state index contributed by atoms with van der Waals surface area (Å²) in [6.45, 7) is 1.56. The van der Waals surface area contributed by atoms with Gasteiger partial charge in [-0.1, -0.05) is 12.1 Å². The fourth-order valence-corrected chi connectivity index (χ4v) is 3.94. The molecule has 1 heterocycles. The van der Waals surface area contributed by atoms with Crippen molar-refractivity contribution in [3.8, 4) is 0 Å². The first-order chi connectivity index (χ1) is 12.3. The van der Waals surface area contributed by atoms with Crippen molar-refractivity contribution < 1.29 is 22.0 Å². The zero-order valence-corrected chi connectivity index (χ0v) is 14.7. The number of halogens is 2. The predicted octanol–water partition coefficient (Wildman–Crippen LogP) is 2.93. The van der Waals surface area contributed by atoms with E-state index < -0.39 is 26.6 Å². The van der Waals surface area contributed by atoms with Gasteiger partial charge in [-0.2, -0.15) is 0 Å². The molecule has 0 saturated carbocycles. The van der Waals surface area contributed by atoms with E-state index in [0.717, 1.165) is 43.6 Å². The number of nitrogens with one attached hydrogen (secondary N) is 1. The molecule has 0 radical (unpaired) electrons. The highest BCUT2D eigenvalue weighted by Gasteiger charge is 2.19. The van der Waals surface area contributed by atoms with Gasteiger partial charge in [0.25, 0.3) is 10.0 Å². The molecule has 0 bridgehead atoms. The maximum atomic E-state index is 13.2. The number of benzene rings is 2. The predicted molar refractivity (Wildman–Crippen MR) is 93.1 cm³/mol. The minimum Gasteiger partial charge on any atom is -0.342 e. The summed E-state index contributed by atoms with van der Waals surface area (Å²) in [6, 6.07) is 8.42. The molecule has 1 aliphatic rings. The summed E-state index contributed by atoms with van der Waals surface area (Å²) in [5.74, 6) is -1.90. The Morgan fingerprint density at radius 3 is 2.15 bits per heavy atom. The van der Waals surface area contributed by atoms with Crippen LogP contribution in [0.4, 0.5) is 14.5 Å². The quantitative estimate of drug-likeness (QED) is 0.867. The summed E-state index contributed by atoms with van der Waals surface area (Å²) >= 11 is 0. The van der Waals surface area contributed by atoms with Crippen molar-refractivity contribution in [3.63, 3.8) is 0 Å². The minimum atomic E-state index is -4.11. The SMILES string of the molecule is O=C(Cc1ccc(NS(=O)(=O)c2cc(F)cc(F)c2)cc1)N1CCCC1. The molecular formula is C18H18F2N2O3S. The van der Waals surface area contributed by atoms with E-state index in [2.05, 4.69) is 4.72 Å². The van der Waals surface area contributed by atoms with Crippen LogP contribution in [-0.4, -0.2) is 32.3 Å². The molecule has 2 aromatic rings. The average Bonchev–Trinajstić information content (AvgIpc) is 3.10. The topological polar surface area (TPSA) is 66.5 Å². The zero-order valence-electron chi connectivity index (χ0n) is 13.9. The fraction of sp³-hybridized carbons (Fsp3) is 0.278. The third-order valence-electron chi connectivity index (χ3n) is 4.17. The molecule has 0 aromatic heterocycles.